The van der Waals surface area contributed by atoms with Gasteiger partial charge in [-0.2, -0.15) is 0 Å². The lowest BCUT2D eigenvalue weighted by atomic mass is 9.79. The van der Waals surface area contributed by atoms with Crippen molar-refractivity contribution in [3.05, 3.63) is 35.4 Å². The largest absolute Gasteiger partial charge is 0.299 e. The summed E-state index contributed by atoms with van der Waals surface area (Å²) in [5.74, 6) is 1.11. The summed E-state index contributed by atoms with van der Waals surface area (Å²) in [6.07, 6.45) is 10.9. The summed E-state index contributed by atoms with van der Waals surface area (Å²) in [7, 11) is 0. The Labute approximate surface area is 139 Å². The fraction of sp³-hybridized carbons (Fsp3) is 0.619. The number of carbonyl (C=O) groups is 2. The molecule has 1 unspecified atom stereocenters. The van der Waals surface area contributed by atoms with Crippen LogP contribution in [-0.2, 0) is 16.0 Å². The van der Waals surface area contributed by atoms with E-state index >= 15 is 0 Å². The van der Waals surface area contributed by atoms with E-state index in [1.165, 1.54) is 30.4 Å². The van der Waals surface area contributed by atoms with Gasteiger partial charge in [0.15, 0.2) is 0 Å². The van der Waals surface area contributed by atoms with E-state index in [2.05, 4.69) is 18.2 Å². The Bertz CT molecular complexity index is 555. The first-order chi connectivity index (χ1) is 11.3. The molecule has 0 amide bonds. The van der Waals surface area contributed by atoms with Crippen molar-refractivity contribution in [2.24, 2.45) is 5.92 Å². The average molecular weight is 312 g/mol. The molecule has 1 saturated carbocycles. The van der Waals surface area contributed by atoms with E-state index in [0.29, 0.717) is 24.4 Å². The molecule has 2 nitrogen and oxygen atoms in total. The summed E-state index contributed by atoms with van der Waals surface area (Å²) in [5.41, 5.74) is 2.58. The first kappa shape index (κ1) is 16.4. The highest BCUT2D eigenvalue weighted by atomic mass is 16.1. The van der Waals surface area contributed by atoms with Gasteiger partial charge in [-0.1, -0.05) is 43.5 Å². The number of hydrogen-bond acceptors (Lipinski definition) is 2. The van der Waals surface area contributed by atoms with Crippen LogP contribution in [-0.4, -0.2) is 11.6 Å². The summed E-state index contributed by atoms with van der Waals surface area (Å²) in [6.45, 7) is 0. The lowest BCUT2D eigenvalue weighted by Gasteiger charge is -2.24. The van der Waals surface area contributed by atoms with E-state index in [-0.39, 0.29) is 11.8 Å². The predicted octanol–water partition coefficient (Wildman–Crippen LogP) is 5.00. The molecule has 2 aliphatic rings. The molecule has 0 bridgehead atoms. The Balaban J connectivity index is 1.49. The molecule has 0 heterocycles. The zero-order valence-corrected chi connectivity index (χ0v) is 14.1. The number of benzene rings is 1. The Kier molecular flexibility index (Phi) is 5.64. The van der Waals surface area contributed by atoms with Crippen LogP contribution in [0.4, 0.5) is 0 Å². The zero-order valence-electron chi connectivity index (χ0n) is 14.1. The van der Waals surface area contributed by atoms with Gasteiger partial charge in [-0.25, -0.2) is 0 Å². The van der Waals surface area contributed by atoms with E-state index in [0.717, 1.165) is 38.5 Å². The van der Waals surface area contributed by atoms with E-state index in [9.17, 15) is 9.59 Å². The van der Waals surface area contributed by atoms with Crippen molar-refractivity contribution in [1.82, 2.24) is 0 Å². The number of Topliss-reactive ketones (excluding diaryl/α,β-unsaturated/α-hetero) is 2. The summed E-state index contributed by atoms with van der Waals surface area (Å²) in [5, 5.41) is 0. The maximum atomic E-state index is 12.6. The van der Waals surface area contributed by atoms with Crippen LogP contribution in [0.5, 0.6) is 0 Å². The number of carbonyl (C=O) groups excluding carboxylic acids is 2. The van der Waals surface area contributed by atoms with Crippen molar-refractivity contribution in [3.63, 3.8) is 0 Å². The molecule has 3 rings (SSSR count). The van der Waals surface area contributed by atoms with E-state index < -0.39 is 0 Å². The van der Waals surface area contributed by atoms with Crippen LogP contribution in [0, 0.1) is 5.92 Å². The molecule has 23 heavy (non-hydrogen) atoms. The third-order valence-corrected chi connectivity index (χ3v) is 5.66. The molecule has 0 aromatic heterocycles. The van der Waals surface area contributed by atoms with Crippen molar-refractivity contribution >= 4 is 11.6 Å². The highest BCUT2D eigenvalue weighted by molar-refractivity contribution is 5.87. The summed E-state index contributed by atoms with van der Waals surface area (Å²) < 4.78 is 0. The van der Waals surface area contributed by atoms with Gasteiger partial charge >= 0.3 is 0 Å². The molecule has 1 atom stereocenters. The fourth-order valence-electron chi connectivity index (χ4n) is 4.33. The minimum absolute atomic E-state index is 0.0738. The Morgan fingerprint density at radius 3 is 2.43 bits per heavy atom. The second kappa shape index (κ2) is 7.90. The van der Waals surface area contributed by atoms with Gasteiger partial charge in [-0.15, -0.1) is 0 Å². The number of rotatable bonds is 6. The van der Waals surface area contributed by atoms with Gasteiger partial charge in [0.05, 0.1) is 0 Å². The van der Waals surface area contributed by atoms with Gasteiger partial charge in [-0.3, -0.25) is 9.59 Å². The van der Waals surface area contributed by atoms with Crippen molar-refractivity contribution < 1.29 is 9.59 Å². The standard InChI is InChI=1S/C21H28O2/c22-20(17-9-2-1-3-10-17)14-7-15-21(23)19-13-6-11-16-8-4-5-12-18(16)19/h4-5,8,12,17,19H,1-3,6-7,9-11,13-15H2. The molecule has 0 N–H and O–H groups in total. The minimum atomic E-state index is 0.0738. The van der Waals surface area contributed by atoms with E-state index in [1.807, 2.05) is 6.07 Å². The van der Waals surface area contributed by atoms with E-state index in [1.54, 1.807) is 0 Å². The normalized spacial score (nSPS) is 21.7. The molecule has 2 heteroatoms. The van der Waals surface area contributed by atoms with Crippen molar-refractivity contribution in [2.45, 2.75) is 76.5 Å². The first-order valence-electron chi connectivity index (χ1n) is 9.39. The molecule has 0 saturated heterocycles. The van der Waals surface area contributed by atoms with Crippen LogP contribution in [0.25, 0.3) is 0 Å². The third-order valence-electron chi connectivity index (χ3n) is 5.66. The molecule has 0 radical (unpaired) electrons. The zero-order chi connectivity index (χ0) is 16.1. The Hall–Kier alpha value is -1.44. The van der Waals surface area contributed by atoms with Gasteiger partial charge in [0.25, 0.3) is 0 Å². The number of hydrogen-bond donors (Lipinski definition) is 0. The number of aryl methyl sites for hydroxylation is 1. The van der Waals surface area contributed by atoms with Crippen molar-refractivity contribution in [1.29, 1.82) is 0 Å². The molecule has 0 spiro atoms. The van der Waals surface area contributed by atoms with Crippen molar-refractivity contribution in [3.8, 4) is 0 Å². The van der Waals surface area contributed by atoms with Crippen LogP contribution < -0.4 is 0 Å². The molecular weight excluding hydrogens is 284 g/mol. The minimum Gasteiger partial charge on any atom is -0.299 e. The number of ketones is 2. The molecule has 1 aromatic rings. The number of fused-ring (bicyclic) bond motifs is 1. The fourth-order valence-corrected chi connectivity index (χ4v) is 4.33. The lowest BCUT2D eigenvalue weighted by Crippen LogP contribution is -2.20. The van der Waals surface area contributed by atoms with Gasteiger partial charge in [0.1, 0.15) is 11.6 Å². The van der Waals surface area contributed by atoms with Gasteiger partial charge in [-0.05, 0) is 49.7 Å². The van der Waals surface area contributed by atoms with Crippen molar-refractivity contribution in [2.75, 3.05) is 0 Å². The smallest absolute Gasteiger partial charge is 0.140 e. The highest BCUT2D eigenvalue weighted by Gasteiger charge is 2.26. The second-order valence-electron chi connectivity index (χ2n) is 7.26. The molecular formula is C21H28O2. The highest BCUT2D eigenvalue weighted by Crippen LogP contribution is 2.33. The van der Waals surface area contributed by atoms with Crippen LogP contribution in [0.3, 0.4) is 0 Å². The molecule has 0 aliphatic heterocycles. The Morgan fingerprint density at radius 1 is 0.870 bits per heavy atom. The van der Waals surface area contributed by atoms with Gasteiger partial charge in [0, 0.05) is 24.7 Å². The second-order valence-corrected chi connectivity index (χ2v) is 7.26. The summed E-state index contributed by atoms with van der Waals surface area (Å²) in [4.78, 5) is 24.9. The lowest BCUT2D eigenvalue weighted by molar-refractivity contribution is -0.124. The van der Waals surface area contributed by atoms with Gasteiger partial charge in [0.2, 0.25) is 0 Å². The summed E-state index contributed by atoms with van der Waals surface area (Å²) in [6, 6.07) is 8.37. The van der Waals surface area contributed by atoms with Crippen LogP contribution in [0.1, 0.15) is 81.3 Å². The first-order valence-corrected chi connectivity index (χ1v) is 9.39. The van der Waals surface area contributed by atoms with Crippen LogP contribution in [0.2, 0.25) is 0 Å². The predicted molar refractivity (Wildman–Crippen MR) is 92.6 cm³/mol. The SMILES string of the molecule is O=C(CCCC(=O)C1CCCc2ccccc21)C1CCCCC1. The van der Waals surface area contributed by atoms with Crippen LogP contribution >= 0.6 is 0 Å². The monoisotopic (exact) mass is 312 g/mol. The maximum absolute atomic E-state index is 12.6. The topological polar surface area (TPSA) is 34.1 Å². The summed E-state index contributed by atoms with van der Waals surface area (Å²) >= 11 is 0. The average Bonchev–Trinajstić information content (AvgIpc) is 2.61. The Morgan fingerprint density at radius 2 is 1.61 bits per heavy atom. The third kappa shape index (κ3) is 4.10. The maximum Gasteiger partial charge on any atom is 0.140 e. The molecule has 1 fully saturated rings. The molecule has 1 aromatic carbocycles. The molecule has 2 aliphatic carbocycles. The van der Waals surface area contributed by atoms with Gasteiger partial charge < -0.3 is 0 Å². The quantitative estimate of drug-likeness (QED) is 0.741. The van der Waals surface area contributed by atoms with Crippen LogP contribution in [0.15, 0.2) is 24.3 Å². The van der Waals surface area contributed by atoms with E-state index in [4.69, 9.17) is 0 Å². The molecule has 124 valence electrons.